The summed E-state index contributed by atoms with van der Waals surface area (Å²) in [5.41, 5.74) is 5.79. The Morgan fingerprint density at radius 1 is 1.20 bits per heavy atom. The van der Waals surface area contributed by atoms with Crippen LogP contribution < -0.4 is 0 Å². The number of benzene rings is 1. The molecule has 0 N–H and O–H groups in total. The maximum atomic E-state index is 4.57. The van der Waals surface area contributed by atoms with Crippen molar-refractivity contribution in [1.29, 1.82) is 0 Å². The fourth-order valence-corrected chi connectivity index (χ4v) is 3.16. The molecular formula is C14H13N. The van der Waals surface area contributed by atoms with Gasteiger partial charge in [-0.3, -0.25) is 4.98 Å². The summed E-state index contributed by atoms with van der Waals surface area (Å²) >= 11 is 0. The monoisotopic (exact) mass is 195 g/mol. The van der Waals surface area contributed by atoms with Crippen molar-refractivity contribution in [3.05, 3.63) is 41.1 Å². The third kappa shape index (κ3) is 0.823. The summed E-state index contributed by atoms with van der Waals surface area (Å²) in [5, 5.41) is 1.48. The van der Waals surface area contributed by atoms with Gasteiger partial charge in [0, 0.05) is 11.6 Å². The van der Waals surface area contributed by atoms with Gasteiger partial charge in [-0.15, -0.1) is 0 Å². The van der Waals surface area contributed by atoms with E-state index in [9.17, 15) is 0 Å². The summed E-state index contributed by atoms with van der Waals surface area (Å²) < 4.78 is 0. The van der Waals surface area contributed by atoms with E-state index in [0.717, 1.165) is 18.3 Å². The van der Waals surface area contributed by atoms with Crippen LogP contribution in [0.25, 0.3) is 10.9 Å². The van der Waals surface area contributed by atoms with Gasteiger partial charge >= 0.3 is 0 Å². The van der Waals surface area contributed by atoms with Crippen LogP contribution in [0.3, 0.4) is 0 Å². The van der Waals surface area contributed by atoms with Crippen molar-refractivity contribution in [3.63, 3.8) is 0 Å². The highest BCUT2D eigenvalue weighted by molar-refractivity contribution is 5.93. The van der Waals surface area contributed by atoms with Gasteiger partial charge in [0.25, 0.3) is 0 Å². The minimum atomic E-state index is 0.831. The van der Waals surface area contributed by atoms with Gasteiger partial charge in [-0.25, -0.2) is 0 Å². The molecule has 74 valence electrons. The molecule has 1 fully saturated rings. The number of aryl methyl sites for hydroxylation is 1. The highest BCUT2D eigenvalue weighted by Crippen LogP contribution is 2.62. The molecule has 15 heavy (non-hydrogen) atoms. The van der Waals surface area contributed by atoms with Crippen LogP contribution in [0, 0.1) is 0 Å². The van der Waals surface area contributed by atoms with Gasteiger partial charge in [-0.1, -0.05) is 19.1 Å². The number of hydrogen-bond donors (Lipinski definition) is 0. The van der Waals surface area contributed by atoms with E-state index in [-0.39, 0.29) is 0 Å². The number of pyridine rings is 1. The van der Waals surface area contributed by atoms with E-state index in [0.29, 0.717) is 0 Å². The number of hydrogen-bond acceptors (Lipinski definition) is 1. The molecule has 1 nitrogen and oxygen atoms in total. The van der Waals surface area contributed by atoms with Crippen LogP contribution in [0.2, 0.25) is 0 Å². The van der Waals surface area contributed by atoms with Crippen LogP contribution in [-0.4, -0.2) is 4.98 Å². The molecule has 2 atom stereocenters. The zero-order valence-electron chi connectivity index (χ0n) is 8.83. The van der Waals surface area contributed by atoms with Gasteiger partial charge in [0.15, 0.2) is 0 Å². The van der Waals surface area contributed by atoms with Gasteiger partial charge in [-0.05, 0) is 47.4 Å². The fraction of sp³-hybridized carbons (Fsp3) is 0.357. The second kappa shape index (κ2) is 2.41. The molecule has 2 aliphatic carbocycles. The summed E-state index contributed by atoms with van der Waals surface area (Å²) in [6.07, 6.45) is 4.45. The second-order valence-corrected chi connectivity index (χ2v) is 4.74. The Kier molecular flexibility index (Phi) is 1.26. The third-order valence-electron chi connectivity index (χ3n) is 4.01. The highest BCUT2D eigenvalue weighted by Gasteiger charge is 2.46. The van der Waals surface area contributed by atoms with E-state index in [4.69, 9.17) is 0 Å². The first kappa shape index (κ1) is 7.86. The van der Waals surface area contributed by atoms with Crippen molar-refractivity contribution in [2.45, 2.75) is 31.6 Å². The topological polar surface area (TPSA) is 12.9 Å². The fourth-order valence-electron chi connectivity index (χ4n) is 3.16. The number of nitrogens with zero attached hydrogens (tertiary/aromatic N) is 1. The van der Waals surface area contributed by atoms with E-state index in [1.165, 1.54) is 22.9 Å². The Bertz CT molecular complexity index is 557. The summed E-state index contributed by atoms with van der Waals surface area (Å²) in [4.78, 5) is 4.57. The average molecular weight is 195 g/mol. The molecule has 1 saturated carbocycles. The SMILES string of the molecule is CCc1ccc2c3c(ccnc13)C1CC21. The van der Waals surface area contributed by atoms with Crippen LogP contribution in [0.4, 0.5) is 0 Å². The lowest BCUT2D eigenvalue weighted by molar-refractivity contribution is 1.10. The zero-order valence-corrected chi connectivity index (χ0v) is 8.83. The predicted octanol–water partition coefficient (Wildman–Crippen LogP) is 3.38. The molecule has 0 radical (unpaired) electrons. The van der Waals surface area contributed by atoms with E-state index in [1.54, 1.807) is 11.1 Å². The van der Waals surface area contributed by atoms with Crippen LogP contribution in [0.5, 0.6) is 0 Å². The first-order chi connectivity index (χ1) is 7.40. The number of aromatic nitrogens is 1. The summed E-state index contributed by atoms with van der Waals surface area (Å²) in [7, 11) is 0. The smallest absolute Gasteiger partial charge is 0.0739 e. The Morgan fingerprint density at radius 2 is 2.00 bits per heavy atom. The van der Waals surface area contributed by atoms with Gasteiger partial charge < -0.3 is 0 Å². The van der Waals surface area contributed by atoms with Crippen molar-refractivity contribution in [2.75, 3.05) is 0 Å². The largest absolute Gasteiger partial charge is 0.256 e. The molecule has 1 aromatic carbocycles. The lowest BCUT2D eigenvalue weighted by atomic mass is 10.00. The van der Waals surface area contributed by atoms with E-state index in [2.05, 4.69) is 30.1 Å². The van der Waals surface area contributed by atoms with Crippen molar-refractivity contribution in [2.24, 2.45) is 0 Å². The molecule has 4 rings (SSSR count). The molecule has 0 saturated heterocycles. The summed E-state index contributed by atoms with van der Waals surface area (Å²) in [5.74, 6) is 1.66. The van der Waals surface area contributed by atoms with Crippen LogP contribution in [-0.2, 0) is 6.42 Å². The van der Waals surface area contributed by atoms with Gasteiger partial charge in [0.1, 0.15) is 0 Å². The first-order valence-corrected chi connectivity index (χ1v) is 5.80. The van der Waals surface area contributed by atoms with Gasteiger partial charge in [-0.2, -0.15) is 0 Å². The van der Waals surface area contributed by atoms with Gasteiger partial charge in [0.2, 0.25) is 0 Å². The Morgan fingerprint density at radius 3 is 2.80 bits per heavy atom. The van der Waals surface area contributed by atoms with E-state index >= 15 is 0 Å². The van der Waals surface area contributed by atoms with Crippen LogP contribution in [0.15, 0.2) is 24.4 Å². The standard InChI is InChI=1S/C14H13N/c1-2-8-3-4-9-11-7-12(11)10-5-6-15-14(8)13(9)10/h3-6,11-12H,2,7H2,1H3. The molecule has 1 heteroatoms. The van der Waals surface area contributed by atoms with Crippen molar-refractivity contribution in [3.8, 4) is 0 Å². The minimum absolute atomic E-state index is 0.831. The molecule has 1 aromatic heterocycles. The molecule has 2 aromatic rings. The highest BCUT2D eigenvalue weighted by atomic mass is 14.7. The van der Waals surface area contributed by atoms with Crippen LogP contribution >= 0.6 is 0 Å². The second-order valence-electron chi connectivity index (χ2n) is 4.74. The third-order valence-corrected chi connectivity index (χ3v) is 4.01. The Labute approximate surface area is 89.1 Å². The molecule has 0 spiro atoms. The summed E-state index contributed by atoms with van der Waals surface area (Å²) in [6, 6.07) is 6.84. The molecule has 0 aliphatic heterocycles. The predicted molar refractivity (Wildman–Crippen MR) is 61.2 cm³/mol. The quantitative estimate of drug-likeness (QED) is 0.679. The minimum Gasteiger partial charge on any atom is -0.256 e. The maximum absolute atomic E-state index is 4.57. The molecule has 2 unspecified atom stereocenters. The lowest BCUT2D eigenvalue weighted by Gasteiger charge is -2.08. The maximum Gasteiger partial charge on any atom is 0.0739 e. The van der Waals surface area contributed by atoms with Crippen molar-refractivity contribution in [1.82, 2.24) is 4.98 Å². The Hall–Kier alpha value is -1.37. The van der Waals surface area contributed by atoms with E-state index in [1.807, 2.05) is 6.20 Å². The van der Waals surface area contributed by atoms with E-state index < -0.39 is 0 Å². The molecule has 0 bridgehead atoms. The average Bonchev–Trinajstić information content (AvgIpc) is 3.01. The summed E-state index contributed by atoms with van der Waals surface area (Å²) in [6.45, 7) is 2.21. The normalized spacial score (nSPS) is 25.7. The molecule has 1 heterocycles. The molecular weight excluding hydrogens is 182 g/mol. The van der Waals surface area contributed by atoms with Crippen molar-refractivity contribution < 1.29 is 0 Å². The number of rotatable bonds is 1. The Balaban J connectivity index is 2.19. The molecule has 2 aliphatic rings. The van der Waals surface area contributed by atoms with Gasteiger partial charge in [0.05, 0.1) is 5.52 Å². The first-order valence-electron chi connectivity index (χ1n) is 5.80. The number of fused-ring (bicyclic) bond motifs is 3. The van der Waals surface area contributed by atoms with Crippen LogP contribution in [0.1, 0.15) is 41.9 Å². The molecule has 0 amide bonds. The lowest BCUT2D eigenvalue weighted by Crippen LogP contribution is -1.91. The van der Waals surface area contributed by atoms with Crippen molar-refractivity contribution >= 4 is 10.9 Å². The zero-order chi connectivity index (χ0) is 9.99.